The molecule has 0 atom stereocenters. The predicted octanol–water partition coefficient (Wildman–Crippen LogP) is 4.27. The minimum absolute atomic E-state index is 0.194. The molecule has 24 heavy (non-hydrogen) atoms. The van der Waals surface area contributed by atoms with Gasteiger partial charge in [0, 0.05) is 23.1 Å². The Bertz CT molecular complexity index is 870. The summed E-state index contributed by atoms with van der Waals surface area (Å²) in [5, 5.41) is 5.96. The lowest BCUT2D eigenvalue weighted by atomic mass is 10.3. The van der Waals surface area contributed by atoms with Crippen molar-refractivity contribution in [1.29, 1.82) is 0 Å². The first-order valence-corrected chi connectivity index (χ1v) is 7.40. The van der Waals surface area contributed by atoms with Crippen LogP contribution in [0.2, 0.25) is 5.02 Å². The quantitative estimate of drug-likeness (QED) is 0.743. The van der Waals surface area contributed by atoms with E-state index in [1.807, 2.05) is 0 Å². The first-order chi connectivity index (χ1) is 11.6. The van der Waals surface area contributed by atoms with E-state index in [0.717, 1.165) is 0 Å². The Morgan fingerprint density at radius 2 is 1.79 bits per heavy atom. The van der Waals surface area contributed by atoms with Crippen LogP contribution in [0, 0.1) is 5.82 Å². The molecule has 0 bridgehead atoms. The number of nitrogens with zero attached hydrogens (tertiary/aromatic N) is 2. The van der Waals surface area contributed by atoms with E-state index in [0.29, 0.717) is 10.7 Å². The van der Waals surface area contributed by atoms with E-state index >= 15 is 0 Å². The second-order valence-corrected chi connectivity index (χ2v) is 5.30. The molecule has 1 heterocycles. The Kier molecular flexibility index (Phi) is 4.67. The van der Waals surface area contributed by atoms with Crippen molar-refractivity contribution in [2.24, 2.45) is 0 Å². The van der Waals surface area contributed by atoms with Gasteiger partial charge < -0.3 is 10.6 Å². The minimum atomic E-state index is -0.413. The Labute approximate surface area is 142 Å². The average molecular weight is 343 g/mol. The summed E-state index contributed by atoms with van der Waals surface area (Å²) in [7, 11) is 0. The van der Waals surface area contributed by atoms with E-state index in [9.17, 15) is 9.18 Å². The number of benzene rings is 2. The molecule has 0 saturated carbocycles. The number of carbonyl (C=O) groups is 1. The van der Waals surface area contributed by atoms with Crippen molar-refractivity contribution in [3.8, 4) is 0 Å². The normalized spacial score (nSPS) is 10.2. The third-order valence-corrected chi connectivity index (χ3v) is 3.35. The third-order valence-electron chi connectivity index (χ3n) is 3.12. The standard InChI is InChI=1S/C17H12ClFN4O/c18-12-4-3-5-13(8-12)22-16(24)11-9-20-17(21-10-11)23-15-7-2-1-6-14(15)19/h1-10H,(H,22,24)(H,20,21,23). The van der Waals surface area contributed by atoms with Gasteiger partial charge in [-0.05, 0) is 30.3 Å². The topological polar surface area (TPSA) is 66.9 Å². The number of anilines is 3. The number of aromatic nitrogens is 2. The molecule has 7 heteroatoms. The van der Waals surface area contributed by atoms with Gasteiger partial charge in [-0.3, -0.25) is 4.79 Å². The third kappa shape index (κ3) is 3.85. The maximum absolute atomic E-state index is 13.6. The monoisotopic (exact) mass is 342 g/mol. The van der Waals surface area contributed by atoms with Crippen LogP contribution in [0.25, 0.3) is 0 Å². The van der Waals surface area contributed by atoms with Crippen LogP contribution in [0.1, 0.15) is 10.4 Å². The van der Waals surface area contributed by atoms with Gasteiger partial charge in [0.25, 0.3) is 5.91 Å². The minimum Gasteiger partial charge on any atom is -0.322 e. The number of hydrogen-bond acceptors (Lipinski definition) is 4. The molecule has 0 saturated heterocycles. The lowest BCUT2D eigenvalue weighted by Crippen LogP contribution is -2.13. The molecule has 120 valence electrons. The predicted molar refractivity (Wildman–Crippen MR) is 91.1 cm³/mol. The molecule has 0 aliphatic rings. The van der Waals surface area contributed by atoms with Crippen molar-refractivity contribution >= 4 is 34.8 Å². The number of nitrogens with one attached hydrogen (secondary N) is 2. The largest absolute Gasteiger partial charge is 0.322 e. The molecule has 0 radical (unpaired) electrons. The van der Waals surface area contributed by atoms with Gasteiger partial charge in [-0.25, -0.2) is 14.4 Å². The molecule has 0 aliphatic heterocycles. The van der Waals surface area contributed by atoms with Gasteiger partial charge in [0.05, 0.1) is 11.3 Å². The van der Waals surface area contributed by atoms with Gasteiger partial charge in [0.15, 0.2) is 0 Å². The lowest BCUT2D eigenvalue weighted by molar-refractivity contribution is 0.102. The number of amides is 1. The molecule has 5 nitrogen and oxygen atoms in total. The zero-order chi connectivity index (χ0) is 16.9. The Hall–Kier alpha value is -2.99. The summed E-state index contributed by atoms with van der Waals surface area (Å²) in [6.07, 6.45) is 2.71. The molecule has 0 unspecified atom stereocenters. The van der Waals surface area contributed by atoms with Gasteiger partial charge >= 0.3 is 0 Å². The van der Waals surface area contributed by atoms with Gasteiger partial charge in [-0.2, -0.15) is 0 Å². The fraction of sp³-hybridized carbons (Fsp3) is 0. The Morgan fingerprint density at radius 1 is 1.04 bits per heavy atom. The van der Waals surface area contributed by atoms with Crippen molar-refractivity contribution in [1.82, 2.24) is 9.97 Å². The van der Waals surface area contributed by atoms with Crippen molar-refractivity contribution < 1.29 is 9.18 Å². The van der Waals surface area contributed by atoms with Crippen LogP contribution in [-0.4, -0.2) is 15.9 Å². The molecule has 0 fully saturated rings. The molecule has 1 amide bonds. The molecule has 0 spiro atoms. The SMILES string of the molecule is O=C(Nc1cccc(Cl)c1)c1cnc(Nc2ccccc2F)nc1. The van der Waals surface area contributed by atoms with E-state index in [1.54, 1.807) is 42.5 Å². The van der Waals surface area contributed by atoms with Crippen LogP contribution in [-0.2, 0) is 0 Å². The van der Waals surface area contributed by atoms with E-state index in [-0.39, 0.29) is 23.1 Å². The summed E-state index contributed by atoms with van der Waals surface area (Å²) < 4.78 is 13.6. The van der Waals surface area contributed by atoms with Gasteiger partial charge in [-0.15, -0.1) is 0 Å². The smallest absolute Gasteiger partial charge is 0.258 e. The summed E-state index contributed by atoms with van der Waals surface area (Å²) in [5.74, 6) is -0.585. The highest BCUT2D eigenvalue weighted by molar-refractivity contribution is 6.30. The van der Waals surface area contributed by atoms with Crippen LogP contribution in [0.5, 0.6) is 0 Å². The van der Waals surface area contributed by atoms with Crippen molar-refractivity contribution in [3.05, 3.63) is 77.3 Å². The second kappa shape index (κ2) is 7.06. The van der Waals surface area contributed by atoms with E-state index < -0.39 is 5.82 Å². The number of carbonyl (C=O) groups excluding carboxylic acids is 1. The fourth-order valence-electron chi connectivity index (χ4n) is 1.96. The van der Waals surface area contributed by atoms with Crippen LogP contribution >= 0.6 is 11.6 Å². The number of para-hydroxylation sites is 1. The van der Waals surface area contributed by atoms with E-state index in [1.165, 1.54) is 18.5 Å². The van der Waals surface area contributed by atoms with Gasteiger partial charge in [0.2, 0.25) is 5.95 Å². The van der Waals surface area contributed by atoms with Crippen LogP contribution < -0.4 is 10.6 Å². The zero-order valence-electron chi connectivity index (χ0n) is 12.3. The maximum atomic E-state index is 13.6. The highest BCUT2D eigenvalue weighted by Gasteiger charge is 2.09. The van der Waals surface area contributed by atoms with Gasteiger partial charge in [0.1, 0.15) is 5.82 Å². The second-order valence-electron chi connectivity index (χ2n) is 4.86. The summed E-state index contributed by atoms with van der Waals surface area (Å²) >= 11 is 5.87. The van der Waals surface area contributed by atoms with Crippen LogP contribution in [0.3, 0.4) is 0 Å². The van der Waals surface area contributed by atoms with E-state index in [4.69, 9.17) is 11.6 Å². The zero-order valence-corrected chi connectivity index (χ0v) is 13.1. The highest BCUT2D eigenvalue weighted by Crippen LogP contribution is 2.17. The molecular formula is C17H12ClFN4O. The van der Waals surface area contributed by atoms with Crippen LogP contribution in [0.15, 0.2) is 60.9 Å². The van der Waals surface area contributed by atoms with Crippen molar-refractivity contribution in [2.45, 2.75) is 0 Å². The molecule has 3 rings (SSSR count). The Balaban J connectivity index is 1.70. The number of rotatable bonds is 4. The first-order valence-electron chi connectivity index (χ1n) is 7.02. The molecule has 1 aromatic heterocycles. The Morgan fingerprint density at radius 3 is 2.50 bits per heavy atom. The lowest BCUT2D eigenvalue weighted by Gasteiger charge is -2.07. The molecule has 2 aromatic carbocycles. The average Bonchev–Trinajstić information content (AvgIpc) is 2.57. The first kappa shape index (κ1) is 15.9. The summed E-state index contributed by atoms with van der Waals surface area (Å²) in [5.41, 5.74) is 1.10. The summed E-state index contributed by atoms with van der Waals surface area (Å²) in [6, 6.07) is 13.0. The van der Waals surface area contributed by atoms with Crippen molar-refractivity contribution in [3.63, 3.8) is 0 Å². The number of halogens is 2. The summed E-state index contributed by atoms with van der Waals surface area (Å²) in [6.45, 7) is 0. The molecule has 3 aromatic rings. The molecular weight excluding hydrogens is 331 g/mol. The fourth-order valence-corrected chi connectivity index (χ4v) is 2.15. The van der Waals surface area contributed by atoms with Gasteiger partial charge in [-0.1, -0.05) is 29.8 Å². The van der Waals surface area contributed by atoms with Crippen molar-refractivity contribution in [2.75, 3.05) is 10.6 Å². The number of hydrogen-bond donors (Lipinski definition) is 2. The van der Waals surface area contributed by atoms with E-state index in [2.05, 4.69) is 20.6 Å². The highest BCUT2D eigenvalue weighted by atomic mass is 35.5. The molecule has 2 N–H and O–H groups in total. The van der Waals surface area contributed by atoms with Crippen LogP contribution in [0.4, 0.5) is 21.7 Å². The molecule has 0 aliphatic carbocycles. The maximum Gasteiger partial charge on any atom is 0.258 e. The summed E-state index contributed by atoms with van der Waals surface area (Å²) in [4.78, 5) is 20.2.